The molecule has 3 heterocycles. The van der Waals surface area contributed by atoms with Crippen molar-refractivity contribution < 1.29 is 26.7 Å². The number of hydrogen-bond acceptors (Lipinski definition) is 3. The minimum absolute atomic E-state index is 0.0518. The quantitative estimate of drug-likeness (QED) is 0.489. The van der Waals surface area contributed by atoms with Gasteiger partial charge in [-0.25, -0.2) is 8.78 Å². The zero-order valence-electron chi connectivity index (χ0n) is 19.4. The lowest BCUT2D eigenvalue weighted by molar-refractivity contribution is -0.137. The minimum Gasteiger partial charge on any atom is -0.368 e. The number of rotatable bonds is 4. The van der Waals surface area contributed by atoms with Crippen LogP contribution in [0.2, 0.25) is 0 Å². The smallest absolute Gasteiger partial charge is 0.368 e. The van der Waals surface area contributed by atoms with E-state index in [0.717, 1.165) is 23.9 Å². The van der Waals surface area contributed by atoms with Crippen LogP contribution >= 0.6 is 0 Å². The summed E-state index contributed by atoms with van der Waals surface area (Å²) in [6, 6.07) is 11.9. The highest BCUT2D eigenvalue weighted by molar-refractivity contribution is 5.78. The van der Waals surface area contributed by atoms with E-state index in [1.54, 1.807) is 11.0 Å². The Kier molecular flexibility index (Phi) is 6.46. The van der Waals surface area contributed by atoms with Gasteiger partial charge in [-0.2, -0.15) is 13.2 Å². The van der Waals surface area contributed by atoms with Crippen LogP contribution in [0.4, 0.5) is 27.6 Å². The van der Waals surface area contributed by atoms with Crippen LogP contribution in [0.25, 0.3) is 0 Å². The summed E-state index contributed by atoms with van der Waals surface area (Å²) in [7, 11) is 0. The average molecular weight is 505 g/mol. The second-order valence-corrected chi connectivity index (χ2v) is 9.08. The van der Waals surface area contributed by atoms with Gasteiger partial charge in [0.05, 0.1) is 18.2 Å². The van der Waals surface area contributed by atoms with Gasteiger partial charge in [0.2, 0.25) is 5.91 Å². The van der Waals surface area contributed by atoms with E-state index in [2.05, 4.69) is 0 Å². The van der Waals surface area contributed by atoms with Gasteiger partial charge < -0.3 is 14.4 Å². The van der Waals surface area contributed by atoms with Gasteiger partial charge in [-0.15, -0.1) is 0 Å². The third-order valence-corrected chi connectivity index (χ3v) is 6.90. The third-order valence-electron chi connectivity index (χ3n) is 6.90. The van der Waals surface area contributed by atoms with Crippen LogP contribution in [0, 0.1) is 11.6 Å². The van der Waals surface area contributed by atoms with E-state index in [1.807, 2.05) is 32.7 Å². The lowest BCUT2D eigenvalue weighted by atomic mass is 9.99. The number of benzene rings is 2. The molecule has 1 fully saturated rings. The van der Waals surface area contributed by atoms with E-state index in [0.29, 0.717) is 50.5 Å². The number of piperazine rings is 1. The number of carbonyl (C=O) groups excluding carboxylic acids is 1. The van der Waals surface area contributed by atoms with Gasteiger partial charge >= 0.3 is 6.18 Å². The number of carbonyl (C=O) groups is 1. The first kappa shape index (κ1) is 24.3. The molecule has 0 N–H and O–H groups in total. The predicted octanol–water partition coefficient (Wildman–Crippen LogP) is 4.54. The number of halogens is 5. The molecule has 0 spiro atoms. The van der Waals surface area contributed by atoms with Crippen molar-refractivity contribution in [2.75, 3.05) is 44.2 Å². The number of anilines is 1. The maximum atomic E-state index is 14.8. The Hall–Kier alpha value is -3.40. The molecule has 2 aliphatic rings. The van der Waals surface area contributed by atoms with Crippen molar-refractivity contribution in [1.29, 1.82) is 0 Å². The monoisotopic (exact) mass is 504 g/mol. The highest BCUT2D eigenvalue weighted by Gasteiger charge is 2.34. The zero-order valence-corrected chi connectivity index (χ0v) is 19.4. The van der Waals surface area contributed by atoms with Gasteiger partial charge in [0, 0.05) is 68.5 Å². The standard InChI is InChI=1S/C26H25F5N4O/c27-19-6-7-21(22(28)16-19)25-23-5-2-8-33(23)11-14-35(25)17-24(36)34-12-9-32(10-13-34)20-4-1-3-18(15-20)26(29,30)31/h1-8,15-16,25H,9-14,17H2. The molecule has 5 nitrogen and oxygen atoms in total. The molecule has 36 heavy (non-hydrogen) atoms. The van der Waals surface area contributed by atoms with Gasteiger partial charge in [0.15, 0.2) is 0 Å². The molecule has 190 valence electrons. The molecular formula is C26H25F5N4O. The predicted molar refractivity (Wildman–Crippen MR) is 124 cm³/mol. The molecule has 0 aliphatic carbocycles. The molecule has 2 aromatic carbocycles. The van der Waals surface area contributed by atoms with Crippen molar-refractivity contribution in [2.45, 2.75) is 18.8 Å². The summed E-state index contributed by atoms with van der Waals surface area (Å²) in [6.07, 6.45) is -2.52. The lowest BCUT2D eigenvalue weighted by Crippen LogP contribution is -2.52. The van der Waals surface area contributed by atoms with Crippen LogP contribution in [0.5, 0.6) is 0 Å². The minimum atomic E-state index is -4.41. The molecule has 1 atom stereocenters. The first-order valence-corrected chi connectivity index (χ1v) is 11.7. The molecule has 10 heteroatoms. The summed E-state index contributed by atoms with van der Waals surface area (Å²) in [4.78, 5) is 18.6. The van der Waals surface area contributed by atoms with Crippen molar-refractivity contribution in [1.82, 2.24) is 14.4 Å². The molecule has 1 aromatic heterocycles. The van der Waals surface area contributed by atoms with Crippen LogP contribution in [-0.4, -0.2) is 59.5 Å². The summed E-state index contributed by atoms with van der Waals surface area (Å²) < 4.78 is 69.5. The largest absolute Gasteiger partial charge is 0.416 e. The lowest BCUT2D eigenvalue weighted by Gasteiger charge is -2.40. The normalized spacial score (nSPS) is 18.9. The fraction of sp³-hybridized carbons (Fsp3) is 0.346. The number of fused-ring (bicyclic) bond motifs is 1. The molecule has 1 saturated heterocycles. The van der Waals surface area contributed by atoms with Crippen molar-refractivity contribution in [2.24, 2.45) is 0 Å². The van der Waals surface area contributed by atoms with Gasteiger partial charge in [0.1, 0.15) is 11.6 Å². The summed E-state index contributed by atoms with van der Waals surface area (Å²) in [5.74, 6) is -1.46. The zero-order chi connectivity index (χ0) is 25.4. The van der Waals surface area contributed by atoms with Gasteiger partial charge in [0.25, 0.3) is 0 Å². The van der Waals surface area contributed by atoms with Crippen LogP contribution in [0.15, 0.2) is 60.8 Å². The van der Waals surface area contributed by atoms with Crippen LogP contribution in [0.3, 0.4) is 0 Å². The van der Waals surface area contributed by atoms with E-state index >= 15 is 0 Å². The molecule has 1 unspecified atom stereocenters. The Morgan fingerprint density at radius 2 is 1.67 bits per heavy atom. The Balaban J connectivity index is 1.28. The third kappa shape index (κ3) is 4.82. The van der Waals surface area contributed by atoms with Crippen molar-refractivity contribution in [3.63, 3.8) is 0 Å². The maximum absolute atomic E-state index is 14.8. The number of amides is 1. The molecule has 0 saturated carbocycles. The van der Waals surface area contributed by atoms with E-state index in [-0.39, 0.29) is 12.5 Å². The first-order chi connectivity index (χ1) is 17.2. The van der Waals surface area contributed by atoms with E-state index in [9.17, 15) is 26.7 Å². The Bertz CT molecular complexity index is 1250. The van der Waals surface area contributed by atoms with Crippen LogP contribution in [-0.2, 0) is 17.5 Å². The number of aromatic nitrogens is 1. The van der Waals surface area contributed by atoms with Gasteiger partial charge in [-0.1, -0.05) is 12.1 Å². The van der Waals surface area contributed by atoms with Gasteiger partial charge in [-0.3, -0.25) is 9.69 Å². The summed E-state index contributed by atoms with van der Waals surface area (Å²) >= 11 is 0. The number of alkyl halides is 3. The van der Waals surface area contributed by atoms with Crippen molar-refractivity contribution in [3.05, 3.63) is 89.2 Å². The Morgan fingerprint density at radius 3 is 2.39 bits per heavy atom. The SMILES string of the molecule is O=C(CN1CCn2cccc2C1c1ccc(F)cc1F)N1CCN(c2cccc(C(F)(F)F)c2)CC1. The first-order valence-electron chi connectivity index (χ1n) is 11.7. The summed E-state index contributed by atoms with van der Waals surface area (Å²) in [5.41, 5.74) is 0.903. The van der Waals surface area contributed by atoms with E-state index < -0.39 is 29.4 Å². The molecule has 0 bridgehead atoms. The number of hydrogen-bond donors (Lipinski definition) is 0. The highest BCUT2D eigenvalue weighted by atomic mass is 19.4. The number of nitrogens with zero attached hydrogens (tertiary/aromatic N) is 4. The van der Waals surface area contributed by atoms with Crippen LogP contribution in [0.1, 0.15) is 22.9 Å². The Morgan fingerprint density at radius 1 is 0.889 bits per heavy atom. The second kappa shape index (κ2) is 9.57. The molecule has 1 amide bonds. The highest BCUT2D eigenvalue weighted by Crippen LogP contribution is 2.34. The van der Waals surface area contributed by atoms with Crippen LogP contribution < -0.4 is 4.90 Å². The topological polar surface area (TPSA) is 31.7 Å². The van der Waals surface area contributed by atoms with E-state index in [1.165, 1.54) is 18.2 Å². The summed E-state index contributed by atoms with van der Waals surface area (Å²) in [5, 5.41) is 0. The second-order valence-electron chi connectivity index (χ2n) is 9.08. The fourth-order valence-electron chi connectivity index (χ4n) is 5.05. The molecular weight excluding hydrogens is 479 g/mol. The van der Waals surface area contributed by atoms with Gasteiger partial charge in [-0.05, 0) is 36.4 Å². The molecule has 2 aliphatic heterocycles. The fourth-order valence-corrected chi connectivity index (χ4v) is 5.05. The summed E-state index contributed by atoms with van der Waals surface area (Å²) in [6.45, 7) is 2.76. The molecule has 0 radical (unpaired) electrons. The maximum Gasteiger partial charge on any atom is 0.416 e. The van der Waals surface area contributed by atoms with Crippen molar-refractivity contribution in [3.8, 4) is 0 Å². The van der Waals surface area contributed by atoms with Crippen molar-refractivity contribution >= 4 is 11.6 Å². The average Bonchev–Trinajstić information content (AvgIpc) is 3.33. The Labute approximate surface area is 205 Å². The molecule has 3 aromatic rings. The van der Waals surface area contributed by atoms with E-state index in [4.69, 9.17) is 0 Å². The molecule has 5 rings (SSSR count).